The summed E-state index contributed by atoms with van der Waals surface area (Å²) in [6.45, 7) is 0.882. The topological polar surface area (TPSA) is 136 Å². The number of carbonyl (C=O) groups excluding carboxylic acids is 1. The third kappa shape index (κ3) is 5.54. The van der Waals surface area contributed by atoms with Crippen LogP contribution in [0.1, 0.15) is 5.56 Å². The normalized spacial score (nSPS) is 11.8. The first-order valence-electron chi connectivity index (χ1n) is 10.6. The van der Waals surface area contributed by atoms with E-state index in [1.54, 1.807) is 7.11 Å². The Balaban J connectivity index is 1.55. The van der Waals surface area contributed by atoms with Crippen LogP contribution in [0.2, 0.25) is 0 Å². The summed E-state index contributed by atoms with van der Waals surface area (Å²) in [7, 11) is -2.02. The van der Waals surface area contributed by atoms with Crippen LogP contribution in [-0.4, -0.2) is 48.2 Å². The van der Waals surface area contributed by atoms with Crippen LogP contribution in [0, 0.1) is 11.3 Å². The van der Waals surface area contributed by atoms with Crippen molar-refractivity contribution >= 4 is 49.4 Å². The summed E-state index contributed by atoms with van der Waals surface area (Å²) < 4.78 is 40.0. The maximum absolute atomic E-state index is 12.7. The Hall–Kier alpha value is -4.21. The molecule has 0 bridgehead atoms. The van der Waals surface area contributed by atoms with Gasteiger partial charge in [-0.3, -0.25) is 10.1 Å². The van der Waals surface area contributed by atoms with Gasteiger partial charge >= 0.3 is 0 Å². The fourth-order valence-electron chi connectivity index (χ4n) is 3.45. The van der Waals surface area contributed by atoms with E-state index in [-0.39, 0.29) is 15.9 Å². The molecule has 0 fully saturated rings. The van der Waals surface area contributed by atoms with Crippen LogP contribution in [-0.2, 0) is 21.2 Å². The largest absolute Gasteiger partial charge is 0.493 e. The summed E-state index contributed by atoms with van der Waals surface area (Å²) in [4.78, 5) is 16.5. The van der Waals surface area contributed by atoms with Gasteiger partial charge in [0.25, 0.3) is 11.1 Å². The molecule has 2 aromatic heterocycles. The van der Waals surface area contributed by atoms with Gasteiger partial charge in [0.15, 0.2) is 11.5 Å². The highest BCUT2D eigenvalue weighted by Crippen LogP contribution is 2.27. The van der Waals surface area contributed by atoms with E-state index in [9.17, 15) is 18.5 Å². The van der Waals surface area contributed by atoms with Crippen molar-refractivity contribution in [1.82, 2.24) is 13.9 Å². The summed E-state index contributed by atoms with van der Waals surface area (Å²) >= 11 is 0.720. The number of anilines is 1. The Bertz CT molecular complexity index is 1600. The minimum absolute atomic E-state index is 0.0162. The van der Waals surface area contributed by atoms with Crippen molar-refractivity contribution in [3.8, 4) is 17.6 Å². The molecule has 1 amide bonds. The number of benzene rings is 2. The standard InChI is InChI=1S/C24H21N5O5S2/c1-33-20-9-5-6-10-21(20)34-12-11-29-15-17(18-7-3-4-8-19(18)29)13-16(14-25)22(30)26-23-27-24(28-35-23)36(2,31)32/h3-10,13,15H,11-12H2,1-2H3,(H,26,27,28,30)/b16-13-. The fourth-order valence-corrected chi connectivity index (χ4v) is 4.89. The number of para-hydroxylation sites is 3. The van der Waals surface area contributed by atoms with E-state index in [4.69, 9.17) is 9.47 Å². The summed E-state index contributed by atoms with van der Waals surface area (Å²) in [5, 5.41) is 12.5. The number of nitrogens with one attached hydrogen (secondary N) is 1. The molecule has 0 unspecified atom stereocenters. The van der Waals surface area contributed by atoms with E-state index in [2.05, 4.69) is 14.7 Å². The summed E-state index contributed by atoms with van der Waals surface area (Å²) in [6.07, 6.45) is 4.29. The lowest BCUT2D eigenvalue weighted by Crippen LogP contribution is -2.13. The molecule has 0 saturated carbocycles. The van der Waals surface area contributed by atoms with Crippen LogP contribution in [0.25, 0.3) is 17.0 Å². The summed E-state index contributed by atoms with van der Waals surface area (Å²) in [6, 6.07) is 16.9. The summed E-state index contributed by atoms with van der Waals surface area (Å²) in [5.74, 6) is 0.558. The molecule has 4 aromatic rings. The van der Waals surface area contributed by atoms with Gasteiger partial charge in [0.1, 0.15) is 18.2 Å². The number of methoxy groups -OCH3 is 1. The van der Waals surface area contributed by atoms with Gasteiger partial charge in [0.05, 0.1) is 13.7 Å². The first kappa shape index (κ1) is 24.9. The number of hydrogen-bond donors (Lipinski definition) is 1. The molecular formula is C24H21N5O5S2. The Morgan fingerprint density at radius 3 is 2.61 bits per heavy atom. The molecule has 12 heteroatoms. The van der Waals surface area contributed by atoms with Crippen molar-refractivity contribution in [2.45, 2.75) is 11.7 Å². The molecule has 184 valence electrons. The molecule has 0 saturated heterocycles. The van der Waals surface area contributed by atoms with Crippen molar-refractivity contribution < 1.29 is 22.7 Å². The first-order valence-corrected chi connectivity index (χ1v) is 13.3. The van der Waals surface area contributed by atoms with Gasteiger partial charge in [0.2, 0.25) is 15.0 Å². The van der Waals surface area contributed by atoms with Crippen molar-refractivity contribution in [1.29, 1.82) is 5.26 Å². The molecule has 1 N–H and O–H groups in total. The molecule has 10 nitrogen and oxygen atoms in total. The number of fused-ring (bicyclic) bond motifs is 1. The highest BCUT2D eigenvalue weighted by atomic mass is 32.2. The number of rotatable bonds is 9. The highest BCUT2D eigenvalue weighted by molar-refractivity contribution is 7.90. The van der Waals surface area contributed by atoms with Crippen LogP contribution in [0.5, 0.6) is 11.5 Å². The lowest BCUT2D eigenvalue weighted by Gasteiger charge is -2.11. The minimum Gasteiger partial charge on any atom is -0.493 e. The third-order valence-corrected chi connectivity index (χ3v) is 6.69. The van der Waals surface area contributed by atoms with Crippen molar-refractivity contribution in [3.63, 3.8) is 0 Å². The Morgan fingerprint density at radius 2 is 1.92 bits per heavy atom. The zero-order chi connectivity index (χ0) is 25.7. The molecular weight excluding hydrogens is 502 g/mol. The van der Waals surface area contributed by atoms with E-state index in [0.717, 1.165) is 28.7 Å². The lowest BCUT2D eigenvalue weighted by molar-refractivity contribution is -0.112. The smallest absolute Gasteiger partial charge is 0.268 e. The molecule has 36 heavy (non-hydrogen) atoms. The number of amides is 1. The molecule has 4 rings (SSSR count). The molecule has 0 atom stereocenters. The molecule has 2 heterocycles. The van der Waals surface area contributed by atoms with Gasteiger partial charge in [-0.25, -0.2) is 8.42 Å². The van der Waals surface area contributed by atoms with Crippen molar-refractivity contribution in [3.05, 3.63) is 65.9 Å². The number of sulfone groups is 1. The second-order valence-electron chi connectivity index (χ2n) is 7.57. The Labute approximate surface area is 211 Å². The molecule has 0 aliphatic rings. The second kappa shape index (κ2) is 10.6. The van der Waals surface area contributed by atoms with Gasteiger partial charge < -0.3 is 14.0 Å². The predicted molar refractivity (Wildman–Crippen MR) is 136 cm³/mol. The van der Waals surface area contributed by atoms with Crippen LogP contribution >= 0.6 is 11.5 Å². The van der Waals surface area contributed by atoms with Crippen LogP contribution in [0.3, 0.4) is 0 Å². The van der Waals surface area contributed by atoms with Gasteiger partial charge in [-0.15, -0.1) is 0 Å². The number of nitrogens with zero attached hydrogens (tertiary/aromatic N) is 4. The number of hydrogen-bond acceptors (Lipinski definition) is 9. The van der Waals surface area contributed by atoms with E-state index >= 15 is 0 Å². The Kier molecular flexibility index (Phi) is 7.33. The van der Waals surface area contributed by atoms with Crippen LogP contribution < -0.4 is 14.8 Å². The Morgan fingerprint density at radius 1 is 1.19 bits per heavy atom. The highest BCUT2D eigenvalue weighted by Gasteiger charge is 2.18. The number of ether oxygens (including phenoxy) is 2. The predicted octanol–water partition coefficient (Wildman–Crippen LogP) is 3.53. The second-order valence-corrected chi connectivity index (χ2v) is 10.2. The van der Waals surface area contributed by atoms with Crippen molar-refractivity contribution in [2.75, 3.05) is 25.3 Å². The van der Waals surface area contributed by atoms with E-state index in [1.165, 1.54) is 6.08 Å². The average molecular weight is 524 g/mol. The lowest BCUT2D eigenvalue weighted by atomic mass is 10.1. The molecule has 0 radical (unpaired) electrons. The maximum atomic E-state index is 12.7. The first-order chi connectivity index (χ1) is 17.3. The van der Waals surface area contributed by atoms with Gasteiger partial charge in [0, 0.05) is 40.5 Å². The molecule has 0 aliphatic carbocycles. The number of nitriles is 1. The zero-order valence-electron chi connectivity index (χ0n) is 19.3. The van der Waals surface area contributed by atoms with Gasteiger partial charge in [-0.2, -0.15) is 14.6 Å². The van der Waals surface area contributed by atoms with Gasteiger partial charge in [-0.05, 0) is 24.3 Å². The zero-order valence-corrected chi connectivity index (χ0v) is 21.0. The third-order valence-electron chi connectivity index (χ3n) is 5.10. The quantitative estimate of drug-likeness (QED) is 0.260. The van der Waals surface area contributed by atoms with E-state index in [1.807, 2.05) is 65.4 Å². The van der Waals surface area contributed by atoms with Crippen molar-refractivity contribution in [2.24, 2.45) is 0 Å². The SMILES string of the molecule is COc1ccccc1OCCn1cc(/C=C(/C#N)C(=O)Nc2nc(S(C)(=O)=O)ns2)c2ccccc21. The fraction of sp³-hybridized carbons (Fsp3) is 0.167. The maximum Gasteiger partial charge on any atom is 0.268 e. The average Bonchev–Trinajstić information content (AvgIpc) is 3.48. The summed E-state index contributed by atoms with van der Waals surface area (Å²) in [5.41, 5.74) is 1.41. The van der Waals surface area contributed by atoms with E-state index in [0.29, 0.717) is 30.2 Å². The monoisotopic (exact) mass is 523 g/mol. The van der Waals surface area contributed by atoms with Crippen LogP contribution in [0.15, 0.2) is 65.5 Å². The minimum atomic E-state index is -3.61. The number of carbonyl (C=O) groups is 1. The molecule has 2 aromatic carbocycles. The molecule has 0 spiro atoms. The number of aromatic nitrogens is 3. The van der Waals surface area contributed by atoms with E-state index < -0.39 is 15.7 Å². The molecule has 0 aliphatic heterocycles. The van der Waals surface area contributed by atoms with Gasteiger partial charge in [-0.1, -0.05) is 30.3 Å². The van der Waals surface area contributed by atoms with Crippen LogP contribution in [0.4, 0.5) is 5.13 Å².